The summed E-state index contributed by atoms with van der Waals surface area (Å²) in [5.74, 6) is -0.260. The molecule has 0 radical (unpaired) electrons. The first-order valence-electron chi connectivity index (χ1n) is 6.40. The van der Waals surface area contributed by atoms with Gasteiger partial charge in [0.25, 0.3) is 0 Å². The summed E-state index contributed by atoms with van der Waals surface area (Å²) in [6, 6.07) is 4.62. The fourth-order valence-electron chi connectivity index (χ4n) is 1.83. The minimum Gasteiger partial charge on any atom is -0.469 e. The van der Waals surface area contributed by atoms with Gasteiger partial charge in [-0.15, -0.1) is 22.7 Å². The summed E-state index contributed by atoms with van der Waals surface area (Å²) in [7, 11) is 1.39. The van der Waals surface area contributed by atoms with Crippen molar-refractivity contribution in [3.05, 3.63) is 33.0 Å². The molecule has 0 saturated heterocycles. The molecule has 0 bridgehead atoms. The highest BCUT2D eigenvalue weighted by Crippen LogP contribution is 2.20. The average Bonchev–Trinajstić information content (AvgIpc) is 2.99. The zero-order chi connectivity index (χ0) is 14.5. The highest BCUT2D eigenvalue weighted by molar-refractivity contribution is 7.13. The molecule has 0 aliphatic heterocycles. The van der Waals surface area contributed by atoms with Gasteiger partial charge in [0.1, 0.15) is 0 Å². The number of methoxy groups -OCH3 is 1. The number of carbonyl (C=O) groups is 1. The Bertz CT molecular complexity index is 577. The van der Waals surface area contributed by atoms with Crippen molar-refractivity contribution in [3.8, 4) is 0 Å². The number of carbonyl (C=O) groups excluding carboxylic acids is 1. The largest absolute Gasteiger partial charge is 0.469 e. The quantitative estimate of drug-likeness (QED) is 0.832. The minimum absolute atomic E-state index is 0.229. The van der Waals surface area contributed by atoms with Crippen molar-refractivity contribution < 1.29 is 9.53 Å². The van der Waals surface area contributed by atoms with Gasteiger partial charge in [0.2, 0.25) is 0 Å². The van der Waals surface area contributed by atoms with Crippen LogP contribution in [0.15, 0.2) is 17.5 Å². The van der Waals surface area contributed by atoms with E-state index in [0.717, 1.165) is 17.2 Å². The maximum absolute atomic E-state index is 11.2. The van der Waals surface area contributed by atoms with Crippen LogP contribution in [0.2, 0.25) is 0 Å². The van der Waals surface area contributed by atoms with Gasteiger partial charge >= 0.3 is 5.97 Å². The lowest BCUT2D eigenvalue weighted by atomic mass is 10.2. The molecule has 4 nitrogen and oxygen atoms in total. The third kappa shape index (κ3) is 4.31. The van der Waals surface area contributed by atoms with E-state index in [9.17, 15) is 4.79 Å². The fraction of sp³-hybridized carbons (Fsp3) is 0.429. The average molecular weight is 310 g/mol. The molecule has 2 rings (SSSR count). The minimum atomic E-state index is -0.260. The van der Waals surface area contributed by atoms with Crippen LogP contribution < -0.4 is 5.32 Å². The highest BCUT2D eigenvalue weighted by atomic mass is 32.1. The summed E-state index contributed by atoms with van der Waals surface area (Å²) in [6.07, 6.45) is 1.21. The first-order valence-corrected chi connectivity index (χ1v) is 8.09. The van der Waals surface area contributed by atoms with Crippen LogP contribution in [0.25, 0.3) is 0 Å². The third-order valence-corrected chi connectivity index (χ3v) is 4.62. The Hall–Kier alpha value is -1.40. The van der Waals surface area contributed by atoms with Gasteiger partial charge in [-0.05, 0) is 26.0 Å². The Kier molecular flexibility index (Phi) is 5.14. The van der Waals surface area contributed by atoms with Crippen molar-refractivity contribution in [2.45, 2.75) is 32.7 Å². The van der Waals surface area contributed by atoms with Crippen LogP contribution in [0, 0.1) is 6.92 Å². The Labute approximate surface area is 126 Å². The SMILES string of the molecule is COC(=O)Cc1csc(NC(C)Cc2ccc(C)s2)n1. The highest BCUT2D eigenvalue weighted by Gasteiger charge is 2.10. The van der Waals surface area contributed by atoms with E-state index in [4.69, 9.17) is 0 Å². The van der Waals surface area contributed by atoms with Crippen LogP contribution in [0.3, 0.4) is 0 Å². The molecule has 0 fully saturated rings. The van der Waals surface area contributed by atoms with Crippen molar-refractivity contribution >= 4 is 33.8 Å². The molecule has 2 aromatic heterocycles. The maximum Gasteiger partial charge on any atom is 0.311 e. The number of thiophene rings is 1. The van der Waals surface area contributed by atoms with Gasteiger partial charge in [0.15, 0.2) is 5.13 Å². The first kappa shape index (κ1) is 15.0. The van der Waals surface area contributed by atoms with E-state index in [1.807, 2.05) is 16.7 Å². The Balaban J connectivity index is 1.88. The van der Waals surface area contributed by atoms with Crippen LogP contribution >= 0.6 is 22.7 Å². The van der Waals surface area contributed by atoms with E-state index in [1.54, 1.807) is 0 Å². The molecular formula is C14H18N2O2S2. The Morgan fingerprint density at radius 3 is 2.95 bits per heavy atom. The smallest absolute Gasteiger partial charge is 0.311 e. The van der Waals surface area contributed by atoms with Crippen molar-refractivity contribution in [2.75, 3.05) is 12.4 Å². The van der Waals surface area contributed by atoms with Crippen LogP contribution in [-0.2, 0) is 22.4 Å². The van der Waals surface area contributed by atoms with Gasteiger partial charge in [-0.3, -0.25) is 4.79 Å². The molecule has 2 heterocycles. The molecule has 2 aromatic rings. The second-order valence-electron chi connectivity index (χ2n) is 4.66. The monoisotopic (exact) mass is 310 g/mol. The number of aromatic nitrogens is 1. The van der Waals surface area contributed by atoms with Crippen LogP contribution in [-0.4, -0.2) is 24.1 Å². The summed E-state index contributed by atoms with van der Waals surface area (Å²) >= 11 is 3.34. The normalized spacial score (nSPS) is 12.2. The van der Waals surface area contributed by atoms with E-state index in [1.165, 1.54) is 28.2 Å². The van der Waals surface area contributed by atoms with Crippen LogP contribution in [0.5, 0.6) is 0 Å². The lowest BCUT2D eigenvalue weighted by molar-refractivity contribution is -0.139. The van der Waals surface area contributed by atoms with E-state index in [-0.39, 0.29) is 12.4 Å². The summed E-state index contributed by atoms with van der Waals surface area (Å²) in [6.45, 7) is 4.25. The Morgan fingerprint density at radius 1 is 1.50 bits per heavy atom. The zero-order valence-electron chi connectivity index (χ0n) is 11.8. The lowest BCUT2D eigenvalue weighted by Gasteiger charge is -2.11. The van der Waals surface area contributed by atoms with Crippen molar-refractivity contribution in [1.29, 1.82) is 0 Å². The van der Waals surface area contributed by atoms with Gasteiger partial charge in [-0.2, -0.15) is 0 Å². The number of anilines is 1. The zero-order valence-corrected chi connectivity index (χ0v) is 13.4. The molecule has 0 aromatic carbocycles. The molecule has 1 unspecified atom stereocenters. The van der Waals surface area contributed by atoms with Gasteiger partial charge in [-0.1, -0.05) is 0 Å². The molecule has 0 saturated carbocycles. The fourth-order valence-corrected chi connectivity index (χ4v) is 3.67. The predicted molar refractivity (Wildman–Crippen MR) is 83.7 cm³/mol. The van der Waals surface area contributed by atoms with Gasteiger partial charge in [0.05, 0.1) is 19.2 Å². The maximum atomic E-state index is 11.2. The number of hydrogen-bond donors (Lipinski definition) is 1. The molecule has 20 heavy (non-hydrogen) atoms. The van der Waals surface area contributed by atoms with Gasteiger partial charge in [0, 0.05) is 27.6 Å². The number of ether oxygens (including phenoxy) is 1. The number of hydrogen-bond acceptors (Lipinski definition) is 6. The van der Waals surface area contributed by atoms with E-state index in [2.05, 4.69) is 41.0 Å². The molecule has 0 aliphatic rings. The first-order chi connectivity index (χ1) is 9.56. The second-order valence-corrected chi connectivity index (χ2v) is 6.89. The van der Waals surface area contributed by atoms with Crippen molar-refractivity contribution in [1.82, 2.24) is 4.98 Å². The number of aryl methyl sites for hydroxylation is 1. The molecule has 0 spiro atoms. The summed E-state index contributed by atoms with van der Waals surface area (Å²) < 4.78 is 4.63. The number of esters is 1. The molecular weight excluding hydrogens is 292 g/mol. The van der Waals surface area contributed by atoms with Crippen LogP contribution in [0.1, 0.15) is 22.4 Å². The molecule has 0 aliphatic carbocycles. The van der Waals surface area contributed by atoms with E-state index >= 15 is 0 Å². The molecule has 108 valence electrons. The predicted octanol–water partition coefficient (Wildman–Crippen LogP) is 3.27. The number of thiazole rings is 1. The second kappa shape index (κ2) is 6.85. The Morgan fingerprint density at radius 2 is 2.30 bits per heavy atom. The molecule has 0 amide bonds. The van der Waals surface area contributed by atoms with Crippen molar-refractivity contribution in [2.24, 2.45) is 0 Å². The van der Waals surface area contributed by atoms with E-state index in [0.29, 0.717) is 6.04 Å². The topological polar surface area (TPSA) is 51.2 Å². The summed E-state index contributed by atoms with van der Waals surface area (Å²) in [5, 5.41) is 6.11. The number of rotatable bonds is 6. The lowest BCUT2D eigenvalue weighted by Crippen LogP contribution is -2.17. The van der Waals surface area contributed by atoms with Gasteiger partial charge in [-0.25, -0.2) is 4.98 Å². The third-order valence-electron chi connectivity index (χ3n) is 2.78. The molecule has 1 atom stereocenters. The van der Waals surface area contributed by atoms with Crippen molar-refractivity contribution in [3.63, 3.8) is 0 Å². The summed E-state index contributed by atoms with van der Waals surface area (Å²) in [4.78, 5) is 18.3. The van der Waals surface area contributed by atoms with E-state index < -0.39 is 0 Å². The number of nitrogens with zero attached hydrogens (tertiary/aromatic N) is 1. The standard InChI is InChI=1S/C14H18N2O2S2/c1-9(6-12-5-4-10(2)20-12)15-14-16-11(8-19-14)7-13(17)18-3/h4-5,8-9H,6-7H2,1-3H3,(H,15,16). The molecule has 6 heteroatoms. The summed E-state index contributed by atoms with van der Waals surface area (Å²) in [5.41, 5.74) is 0.753. The number of nitrogens with one attached hydrogen (secondary N) is 1. The van der Waals surface area contributed by atoms with Crippen LogP contribution in [0.4, 0.5) is 5.13 Å². The van der Waals surface area contributed by atoms with Gasteiger partial charge < -0.3 is 10.1 Å². The molecule has 1 N–H and O–H groups in total.